The number of nitrogens with one attached hydrogen (secondary N) is 1. The molecule has 0 saturated heterocycles. The third-order valence-electron chi connectivity index (χ3n) is 3.17. The van der Waals surface area contributed by atoms with E-state index < -0.39 is 17.7 Å². The number of aryl methyl sites for hydroxylation is 1. The Morgan fingerprint density at radius 2 is 2.08 bits per heavy atom. The van der Waals surface area contributed by atoms with E-state index in [9.17, 15) is 23.1 Å². The molecule has 1 heterocycles. The van der Waals surface area contributed by atoms with E-state index in [0.29, 0.717) is 17.0 Å². The maximum atomic E-state index is 12.6. The molecule has 0 unspecified atom stereocenters. The molecule has 5 nitrogen and oxygen atoms in total. The van der Waals surface area contributed by atoms with E-state index in [0.717, 1.165) is 0 Å². The Balaban J connectivity index is 2.16. The summed E-state index contributed by atoms with van der Waals surface area (Å²) in [4.78, 5) is 16.5. The van der Waals surface area contributed by atoms with Gasteiger partial charge in [-0.25, -0.2) is 4.98 Å². The Labute approximate surface area is 144 Å². The minimum atomic E-state index is -5.10. The predicted molar refractivity (Wildman–Crippen MR) is 84.1 cm³/mol. The summed E-state index contributed by atoms with van der Waals surface area (Å²) in [5.74, 6) is -1.61. The average molecular weight is 380 g/mol. The highest BCUT2D eigenvalue weighted by Gasteiger charge is 2.55. The fourth-order valence-corrected chi connectivity index (χ4v) is 2.72. The molecular formula is C14H13ClF3N3O2S. The zero-order valence-electron chi connectivity index (χ0n) is 12.6. The molecule has 2 N–H and O–H groups in total. The van der Waals surface area contributed by atoms with Crippen molar-refractivity contribution in [1.82, 2.24) is 9.55 Å². The highest BCUT2D eigenvalue weighted by molar-refractivity contribution is 7.99. The fourth-order valence-electron chi connectivity index (χ4n) is 1.59. The molecule has 2 aromatic rings. The minimum Gasteiger partial charge on any atom is -0.373 e. The van der Waals surface area contributed by atoms with Crippen LogP contribution < -0.4 is 5.32 Å². The van der Waals surface area contributed by atoms with E-state index in [1.165, 1.54) is 23.9 Å². The molecule has 0 aliphatic heterocycles. The molecule has 10 heteroatoms. The van der Waals surface area contributed by atoms with Crippen LogP contribution in [-0.2, 0) is 11.8 Å². The second-order valence-corrected chi connectivity index (χ2v) is 6.54. The number of imidazole rings is 1. The number of aromatic nitrogens is 2. The zero-order chi connectivity index (χ0) is 18.1. The van der Waals surface area contributed by atoms with E-state index in [4.69, 9.17) is 11.6 Å². The van der Waals surface area contributed by atoms with Gasteiger partial charge in [0, 0.05) is 24.3 Å². The first kappa shape index (κ1) is 18.6. The van der Waals surface area contributed by atoms with Gasteiger partial charge in [-0.2, -0.15) is 13.2 Å². The van der Waals surface area contributed by atoms with Gasteiger partial charge >= 0.3 is 6.18 Å². The average Bonchev–Trinajstić information content (AvgIpc) is 2.86. The van der Waals surface area contributed by atoms with Crippen LogP contribution in [0.4, 0.5) is 18.9 Å². The highest BCUT2D eigenvalue weighted by atomic mass is 35.5. The van der Waals surface area contributed by atoms with Crippen LogP contribution >= 0.6 is 23.4 Å². The second kappa shape index (κ2) is 6.66. The minimum absolute atomic E-state index is 0.0321. The van der Waals surface area contributed by atoms with Crippen molar-refractivity contribution in [2.24, 2.45) is 7.05 Å². The smallest absolute Gasteiger partial charge is 0.373 e. The van der Waals surface area contributed by atoms with E-state index in [2.05, 4.69) is 4.98 Å². The number of nitrogens with zero attached hydrogens (tertiary/aromatic N) is 2. The van der Waals surface area contributed by atoms with Crippen molar-refractivity contribution >= 4 is 35.0 Å². The standard InChI is InChI=1S/C14H13ClF3N3O2S/c1-13(23,14(16,17)18)11(22)20-10-4-3-8(7-9(10)15)24-12-19-5-6-21(12)2/h3-7,23H,1-2H3,(H,20,22)/t13-/m1/s1. The normalized spacial score (nSPS) is 14.3. The van der Waals surface area contributed by atoms with Crippen LogP contribution in [0.3, 0.4) is 0 Å². The van der Waals surface area contributed by atoms with Crippen LogP contribution in [0.2, 0.25) is 5.02 Å². The summed E-state index contributed by atoms with van der Waals surface area (Å²) in [5, 5.41) is 12.1. The van der Waals surface area contributed by atoms with Gasteiger partial charge in [0.1, 0.15) is 0 Å². The third-order valence-corrected chi connectivity index (χ3v) is 4.55. The molecular weight excluding hydrogens is 367 g/mol. The molecule has 24 heavy (non-hydrogen) atoms. The van der Waals surface area contributed by atoms with Gasteiger partial charge < -0.3 is 15.0 Å². The van der Waals surface area contributed by atoms with E-state index >= 15 is 0 Å². The summed E-state index contributed by atoms with van der Waals surface area (Å²) < 4.78 is 39.7. The monoisotopic (exact) mass is 379 g/mol. The van der Waals surface area contributed by atoms with Crippen molar-refractivity contribution in [3.8, 4) is 0 Å². The van der Waals surface area contributed by atoms with E-state index in [1.54, 1.807) is 23.0 Å². The first-order valence-corrected chi connectivity index (χ1v) is 7.77. The molecule has 0 fully saturated rings. The van der Waals surface area contributed by atoms with E-state index in [-0.39, 0.29) is 10.7 Å². The molecule has 1 aromatic heterocycles. The molecule has 1 atom stereocenters. The molecule has 0 aliphatic rings. The van der Waals surface area contributed by atoms with Crippen molar-refractivity contribution < 1.29 is 23.1 Å². The maximum Gasteiger partial charge on any atom is 0.426 e. The molecule has 0 spiro atoms. The molecule has 0 radical (unpaired) electrons. The number of hydrogen-bond acceptors (Lipinski definition) is 4. The largest absolute Gasteiger partial charge is 0.426 e. The SMILES string of the molecule is Cn1ccnc1Sc1ccc(NC(=O)[C@@](C)(O)C(F)(F)F)c(Cl)c1. The topological polar surface area (TPSA) is 67.2 Å². The number of carbonyl (C=O) groups is 1. The summed E-state index contributed by atoms with van der Waals surface area (Å²) in [6.45, 7) is 0.377. The lowest BCUT2D eigenvalue weighted by atomic mass is 10.1. The van der Waals surface area contributed by atoms with Crippen LogP contribution in [0.15, 0.2) is 40.6 Å². The van der Waals surface area contributed by atoms with Crippen molar-refractivity contribution in [2.45, 2.75) is 28.8 Å². The maximum absolute atomic E-state index is 12.6. The number of halogens is 4. The molecule has 0 aliphatic carbocycles. The molecule has 0 bridgehead atoms. The first-order valence-electron chi connectivity index (χ1n) is 6.57. The van der Waals surface area contributed by atoms with Gasteiger partial charge in [-0.3, -0.25) is 4.79 Å². The van der Waals surface area contributed by atoms with Crippen molar-refractivity contribution in [1.29, 1.82) is 0 Å². The number of amides is 1. The summed E-state index contributed by atoms with van der Waals surface area (Å²) in [6.07, 6.45) is -1.72. The Morgan fingerprint density at radius 1 is 1.42 bits per heavy atom. The zero-order valence-corrected chi connectivity index (χ0v) is 14.1. The summed E-state index contributed by atoms with van der Waals surface area (Å²) in [5.41, 5.74) is -3.55. The number of rotatable bonds is 4. The number of alkyl halides is 3. The highest BCUT2D eigenvalue weighted by Crippen LogP contribution is 2.34. The predicted octanol–water partition coefficient (Wildman–Crippen LogP) is 3.48. The lowest BCUT2D eigenvalue weighted by Gasteiger charge is -2.25. The molecule has 1 amide bonds. The van der Waals surface area contributed by atoms with Crippen LogP contribution in [-0.4, -0.2) is 32.3 Å². The third kappa shape index (κ3) is 3.85. The molecule has 0 saturated carbocycles. The Bertz CT molecular complexity index is 762. The second-order valence-electron chi connectivity index (χ2n) is 5.09. The summed E-state index contributed by atoms with van der Waals surface area (Å²) in [6, 6.07) is 4.42. The summed E-state index contributed by atoms with van der Waals surface area (Å²) >= 11 is 7.30. The van der Waals surface area contributed by atoms with Gasteiger partial charge in [0.25, 0.3) is 5.91 Å². The Kier molecular flexibility index (Phi) is 5.17. The van der Waals surface area contributed by atoms with E-state index in [1.807, 2.05) is 12.4 Å². The number of hydrogen-bond donors (Lipinski definition) is 2. The Hall–Kier alpha value is -1.71. The number of aliphatic hydroxyl groups is 1. The van der Waals surface area contributed by atoms with Gasteiger partial charge in [-0.15, -0.1) is 0 Å². The molecule has 2 rings (SSSR count). The molecule has 130 valence electrons. The summed E-state index contributed by atoms with van der Waals surface area (Å²) in [7, 11) is 1.81. The number of carbonyl (C=O) groups excluding carboxylic acids is 1. The fraction of sp³-hybridized carbons (Fsp3) is 0.286. The lowest BCUT2D eigenvalue weighted by molar-refractivity contribution is -0.242. The number of anilines is 1. The van der Waals surface area contributed by atoms with Crippen molar-refractivity contribution in [3.63, 3.8) is 0 Å². The van der Waals surface area contributed by atoms with Crippen LogP contribution in [0, 0.1) is 0 Å². The Morgan fingerprint density at radius 3 is 2.58 bits per heavy atom. The van der Waals surface area contributed by atoms with Gasteiger partial charge in [0.2, 0.25) is 5.60 Å². The molecule has 1 aromatic carbocycles. The van der Waals surface area contributed by atoms with Crippen molar-refractivity contribution in [3.05, 3.63) is 35.6 Å². The van der Waals surface area contributed by atoms with Gasteiger partial charge in [0.05, 0.1) is 10.7 Å². The van der Waals surface area contributed by atoms with Gasteiger partial charge in [0.15, 0.2) is 5.16 Å². The van der Waals surface area contributed by atoms with Gasteiger partial charge in [-0.05, 0) is 25.1 Å². The quantitative estimate of drug-likeness (QED) is 0.853. The lowest BCUT2D eigenvalue weighted by Crippen LogP contribution is -2.52. The number of benzene rings is 1. The van der Waals surface area contributed by atoms with Crippen molar-refractivity contribution in [2.75, 3.05) is 5.32 Å². The van der Waals surface area contributed by atoms with Crippen LogP contribution in [0.1, 0.15) is 6.92 Å². The first-order chi connectivity index (χ1) is 11.0. The van der Waals surface area contributed by atoms with Gasteiger partial charge in [-0.1, -0.05) is 23.4 Å². The van der Waals surface area contributed by atoms with Crippen LogP contribution in [0.5, 0.6) is 0 Å². The van der Waals surface area contributed by atoms with Crippen LogP contribution in [0.25, 0.3) is 0 Å².